The zero-order chi connectivity index (χ0) is 16.8. The summed E-state index contributed by atoms with van der Waals surface area (Å²) >= 11 is 0. The molecule has 0 aliphatic rings. The Balaban J connectivity index is 1.74. The second-order valence-electron chi connectivity index (χ2n) is 5.78. The first-order valence-corrected chi connectivity index (χ1v) is 7.99. The lowest BCUT2D eigenvalue weighted by molar-refractivity contribution is 0.517. The minimum atomic E-state index is 0.257. The van der Waals surface area contributed by atoms with Crippen LogP contribution in [0.1, 0.15) is 25.2 Å². The molecule has 2 heterocycles. The van der Waals surface area contributed by atoms with Crippen molar-refractivity contribution in [1.82, 2.24) is 15.2 Å². The summed E-state index contributed by atoms with van der Waals surface area (Å²) in [4.78, 5) is 6.71. The van der Waals surface area contributed by atoms with Gasteiger partial charge in [-0.25, -0.2) is 0 Å². The number of anilines is 2. The van der Waals surface area contributed by atoms with Crippen molar-refractivity contribution in [2.24, 2.45) is 0 Å². The molecule has 0 atom stereocenters. The SMILES string of the molecule is CC(C)N(Cc1ccccc1)c1nncc(NCc2ccco2)n1. The van der Waals surface area contributed by atoms with E-state index >= 15 is 0 Å². The average Bonchev–Trinajstić information content (AvgIpc) is 3.12. The lowest BCUT2D eigenvalue weighted by Gasteiger charge is -2.26. The highest BCUT2D eigenvalue weighted by atomic mass is 16.3. The Labute approximate surface area is 141 Å². The summed E-state index contributed by atoms with van der Waals surface area (Å²) in [6.45, 7) is 5.54. The Kier molecular flexibility index (Phi) is 5.05. The van der Waals surface area contributed by atoms with E-state index in [-0.39, 0.29) is 6.04 Å². The van der Waals surface area contributed by atoms with Crippen molar-refractivity contribution in [3.8, 4) is 0 Å². The van der Waals surface area contributed by atoms with Crippen LogP contribution in [0.3, 0.4) is 0 Å². The molecule has 0 saturated heterocycles. The Morgan fingerprint density at radius 2 is 1.96 bits per heavy atom. The molecule has 0 radical (unpaired) electrons. The Hall–Kier alpha value is -2.89. The average molecular weight is 323 g/mol. The third kappa shape index (κ3) is 4.10. The fourth-order valence-electron chi connectivity index (χ4n) is 2.36. The van der Waals surface area contributed by atoms with Gasteiger partial charge < -0.3 is 14.6 Å². The van der Waals surface area contributed by atoms with Crippen LogP contribution in [-0.2, 0) is 13.1 Å². The number of aromatic nitrogens is 3. The number of hydrogen-bond acceptors (Lipinski definition) is 6. The van der Waals surface area contributed by atoms with Crippen LogP contribution in [-0.4, -0.2) is 21.2 Å². The summed E-state index contributed by atoms with van der Waals surface area (Å²) in [5.74, 6) is 2.13. The van der Waals surface area contributed by atoms with Crippen molar-refractivity contribution in [3.63, 3.8) is 0 Å². The molecular weight excluding hydrogens is 302 g/mol. The van der Waals surface area contributed by atoms with E-state index in [4.69, 9.17) is 4.42 Å². The number of furan rings is 1. The lowest BCUT2D eigenvalue weighted by atomic mass is 10.2. The van der Waals surface area contributed by atoms with Gasteiger partial charge in [0.2, 0.25) is 5.95 Å². The largest absolute Gasteiger partial charge is 0.467 e. The minimum absolute atomic E-state index is 0.257. The maximum Gasteiger partial charge on any atom is 0.247 e. The number of benzene rings is 1. The number of rotatable bonds is 7. The van der Waals surface area contributed by atoms with Gasteiger partial charge in [0.1, 0.15) is 5.76 Å². The quantitative estimate of drug-likeness (QED) is 0.718. The van der Waals surface area contributed by atoms with E-state index in [9.17, 15) is 0 Å². The van der Waals surface area contributed by atoms with Crippen LogP contribution >= 0.6 is 0 Å². The molecule has 0 saturated carbocycles. The van der Waals surface area contributed by atoms with Crippen LogP contribution in [0, 0.1) is 0 Å². The van der Waals surface area contributed by atoms with E-state index in [1.54, 1.807) is 12.5 Å². The summed E-state index contributed by atoms with van der Waals surface area (Å²) < 4.78 is 5.31. The van der Waals surface area contributed by atoms with Gasteiger partial charge in [-0.05, 0) is 31.5 Å². The van der Waals surface area contributed by atoms with Crippen LogP contribution in [0.5, 0.6) is 0 Å². The molecule has 0 bridgehead atoms. The van der Waals surface area contributed by atoms with Crippen LogP contribution in [0.25, 0.3) is 0 Å². The number of nitrogens with one attached hydrogen (secondary N) is 1. The summed E-state index contributed by atoms with van der Waals surface area (Å²) in [7, 11) is 0. The van der Waals surface area contributed by atoms with Gasteiger partial charge in [0.15, 0.2) is 5.82 Å². The van der Waals surface area contributed by atoms with Crippen molar-refractivity contribution in [3.05, 3.63) is 66.2 Å². The van der Waals surface area contributed by atoms with Crippen molar-refractivity contribution in [2.45, 2.75) is 33.0 Å². The Morgan fingerprint density at radius 1 is 1.12 bits per heavy atom. The van der Waals surface area contributed by atoms with Gasteiger partial charge >= 0.3 is 0 Å². The second-order valence-corrected chi connectivity index (χ2v) is 5.78. The van der Waals surface area contributed by atoms with Crippen LogP contribution in [0.4, 0.5) is 11.8 Å². The summed E-state index contributed by atoms with van der Waals surface area (Å²) in [6, 6.07) is 14.3. The van der Waals surface area contributed by atoms with Crippen LogP contribution in [0.2, 0.25) is 0 Å². The maximum atomic E-state index is 5.31. The molecule has 0 fully saturated rings. The first-order chi connectivity index (χ1) is 11.7. The third-order valence-corrected chi connectivity index (χ3v) is 3.65. The molecule has 1 N–H and O–H groups in total. The topological polar surface area (TPSA) is 67.1 Å². The molecule has 3 rings (SSSR count). The molecule has 2 aromatic heterocycles. The highest BCUT2D eigenvalue weighted by molar-refractivity contribution is 5.40. The zero-order valence-corrected chi connectivity index (χ0v) is 13.9. The first-order valence-electron chi connectivity index (χ1n) is 7.99. The van der Waals surface area contributed by atoms with E-state index in [0.29, 0.717) is 18.3 Å². The minimum Gasteiger partial charge on any atom is -0.467 e. The highest BCUT2D eigenvalue weighted by Crippen LogP contribution is 2.17. The molecule has 0 aliphatic carbocycles. The van der Waals surface area contributed by atoms with Gasteiger partial charge in [-0.15, -0.1) is 5.10 Å². The van der Waals surface area contributed by atoms with E-state index in [2.05, 4.69) is 51.4 Å². The van der Waals surface area contributed by atoms with Crippen molar-refractivity contribution in [2.75, 3.05) is 10.2 Å². The van der Waals surface area contributed by atoms with Gasteiger partial charge in [0, 0.05) is 12.6 Å². The molecule has 0 amide bonds. The van der Waals surface area contributed by atoms with E-state index < -0.39 is 0 Å². The predicted octanol–water partition coefficient (Wildman–Crippen LogP) is 3.49. The second kappa shape index (κ2) is 7.59. The maximum absolute atomic E-state index is 5.31. The van der Waals surface area contributed by atoms with Gasteiger partial charge in [-0.2, -0.15) is 10.1 Å². The molecule has 24 heavy (non-hydrogen) atoms. The van der Waals surface area contributed by atoms with E-state index in [0.717, 1.165) is 12.3 Å². The van der Waals surface area contributed by atoms with Gasteiger partial charge in [0.05, 0.1) is 19.0 Å². The Bertz CT molecular complexity index is 743. The molecule has 6 nitrogen and oxygen atoms in total. The first kappa shape index (κ1) is 16.0. The molecule has 0 unspecified atom stereocenters. The zero-order valence-electron chi connectivity index (χ0n) is 13.9. The van der Waals surface area contributed by atoms with Gasteiger partial charge in [-0.3, -0.25) is 0 Å². The van der Waals surface area contributed by atoms with Gasteiger partial charge in [0.25, 0.3) is 0 Å². The monoisotopic (exact) mass is 323 g/mol. The summed E-state index contributed by atoms with van der Waals surface area (Å²) in [5, 5.41) is 11.5. The molecule has 6 heteroatoms. The number of hydrogen-bond donors (Lipinski definition) is 1. The fourth-order valence-corrected chi connectivity index (χ4v) is 2.36. The molecular formula is C18H21N5O. The molecule has 3 aromatic rings. The van der Waals surface area contributed by atoms with Crippen LogP contribution in [0.15, 0.2) is 59.3 Å². The van der Waals surface area contributed by atoms with E-state index in [1.807, 2.05) is 30.3 Å². The predicted molar refractivity (Wildman–Crippen MR) is 93.6 cm³/mol. The Morgan fingerprint density at radius 3 is 2.67 bits per heavy atom. The normalized spacial score (nSPS) is 10.8. The standard InChI is InChI=1S/C18H21N5O/c1-14(2)23(13-15-7-4-3-5-8-15)18-21-17(12-20-22-18)19-11-16-9-6-10-24-16/h3-10,12,14H,11,13H2,1-2H3,(H,19,21,22). The van der Waals surface area contributed by atoms with Crippen molar-refractivity contribution >= 4 is 11.8 Å². The lowest BCUT2D eigenvalue weighted by Crippen LogP contribution is -2.32. The smallest absolute Gasteiger partial charge is 0.247 e. The third-order valence-electron chi connectivity index (χ3n) is 3.65. The molecule has 1 aromatic carbocycles. The summed E-state index contributed by atoms with van der Waals surface area (Å²) in [5.41, 5.74) is 1.21. The fraction of sp³-hybridized carbons (Fsp3) is 0.278. The van der Waals surface area contributed by atoms with Gasteiger partial charge in [-0.1, -0.05) is 30.3 Å². The highest BCUT2D eigenvalue weighted by Gasteiger charge is 2.15. The molecule has 0 spiro atoms. The molecule has 124 valence electrons. The van der Waals surface area contributed by atoms with Crippen LogP contribution < -0.4 is 10.2 Å². The van der Waals surface area contributed by atoms with E-state index in [1.165, 1.54) is 5.56 Å². The molecule has 0 aliphatic heterocycles. The van der Waals surface area contributed by atoms with Crippen molar-refractivity contribution < 1.29 is 4.42 Å². The number of nitrogens with zero attached hydrogens (tertiary/aromatic N) is 4. The van der Waals surface area contributed by atoms with Crippen molar-refractivity contribution in [1.29, 1.82) is 0 Å². The summed E-state index contributed by atoms with van der Waals surface area (Å²) in [6.07, 6.45) is 3.27.